The molecule has 0 radical (unpaired) electrons. The molecule has 1 aliphatic heterocycles. The fourth-order valence-corrected chi connectivity index (χ4v) is 2.40. The Morgan fingerprint density at radius 1 is 1.38 bits per heavy atom. The molecule has 7 heteroatoms. The average Bonchev–Trinajstić information content (AvgIpc) is 3.08. The Morgan fingerprint density at radius 3 is 3.00 bits per heavy atom. The predicted molar refractivity (Wildman–Crippen MR) is 76.7 cm³/mol. The van der Waals surface area contributed by atoms with Crippen LogP contribution in [-0.4, -0.2) is 33.2 Å². The molecule has 0 aliphatic carbocycles. The van der Waals surface area contributed by atoms with E-state index in [0.29, 0.717) is 12.4 Å². The highest BCUT2D eigenvalue weighted by Gasteiger charge is 2.33. The number of rotatable bonds is 3. The molecule has 110 valence electrons. The van der Waals surface area contributed by atoms with Crippen LogP contribution < -0.4 is 10.6 Å². The third kappa shape index (κ3) is 3.03. The molecule has 2 aromatic heterocycles. The number of hydrogen-bond acceptors (Lipinski definition) is 4. The van der Waals surface area contributed by atoms with Gasteiger partial charge in [0.2, 0.25) is 0 Å². The van der Waals surface area contributed by atoms with Crippen molar-refractivity contribution in [3.8, 4) is 0 Å². The lowest BCUT2D eigenvalue weighted by atomic mass is 10.1. The normalized spacial score (nSPS) is 21.2. The molecule has 1 saturated heterocycles. The van der Waals surface area contributed by atoms with Crippen molar-refractivity contribution in [3.05, 3.63) is 42.6 Å². The van der Waals surface area contributed by atoms with Crippen LogP contribution in [0.1, 0.15) is 18.3 Å². The summed E-state index contributed by atoms with van der Waals surface area (Å²) in [7, 11) is 1.91. The summed E-state index contributed by atoms with van der Waals surface area (Å²) in [5.74, 6) is 1.33. The number of nitrogens with one attached hydrogen (secondary N) is 2. The largest absolute Gasteiger partial charge is 0.368 e. The van der Waals surface area contributed by atoms with Crippen LogP contribution in [0.15, 0.2) is 36.8 Å². The average molecular weight is 287 g/mol. The molecule has 1 fully saturated rings. The van der Waals surface area contributed by atoms with E-state index in [1.54, 1.807) is 24.5 Å². The lowest BCUT2D eigenvalue weighted by molar-refractivity contribution is 0.0913. The van der Waals surface area contributed by atoms with Gasteiger partial charge in [0.25, 0.3) is 0 Å². The van der Waals surface area contributed by atoms with Crippen LogP contribution in [-0.2, 0) is 11.8 Å². The molecule has 0 aromatic carbocycles. The van der Waals surface area contributed by atoms with Crippen LogP contribution in [0.4, 0.5) is 10.6 Å². The molecular formula is C14H17N5O2. The number of urea groups is 1. The molecule has 3 rings (SSSR count). The van der Waals surface area contributed by atoms with Crippen molar-refractivity contribution in [3.63, 3.8) is 0 Å². The number of aryl methyl sites for hydroxylation is 1. The van der Waals surface area contributed by atoms with Gasteiger partial charge >= 0.3 is 6.03 Å². The van der Waals surface area contributed by atoms with Gasteiger partial charge in [-0.3, -0.25) is 5.32 Å². The van der Waals surface area contributed by atoms with E-state index < -0.39 is 0 Å². The maximum Gasteiger partial charge on any atom is 0.320 e. The van der Waals surface area contributed by atoms with E-state index in [1.165, 1.54) is 0 Å². The SMILES string of the molecule is Cn1ccnc1[C@H]1OCC[C@@H]1NC(=O)Nc1ccccn1. The van der Waals surface area contributed by atoms with Crippen LogP contribution >= 0.6 is 0 Å². The van der Waals surface area contributed by atoms with Gasteiger partial charge in [-0.15, -0.1) is 0 Å². The van der Waals surface area contributed by atoms with Gasteiger partial charge in [-0.25, -0.2) is 14.8 Å². The molecule has 0 unspecified atom stereocenters. The van der Waals surface area contributed by atoms with Gasteiger partial charge in [-0.2, -0.15) is 0 Å². The van der Waals surface area contributed by atoms with Gasteiger partial charge in [-0.1, -0.05) is 6.07 Å². The standard InChI is InChI=1S/C14H17N5O2/c1-19-8-7-16-13(19)12-10(5-9-21-12)17-14(20)18-11-4-2-3-6-15-11/h2-4,6-8,10,12H,5,9H2,1H3,(H2,15,17,18,20)/t10-,12-/m0/s1. The van der Waals surface area contributed by atoms with E-state index in [1.807, 2.05) is 23.9 Å². The lowest BCUT2D eigenvalue weighted by Crippen LogP contribution is -2.40. The minimum absolute atomic E-state index is 0.102. The van der Waals surface area contributed by atoms with Crippen LogP contribution in [0.3, 0.4) is 0 Å². The van der Waals surface area contributed by atoms with E-state index in [2.05, 4.69) is 20.6 Å². The molecule has 2 amide bonds. The minimum Gasteiger partial charge on any atom is -0.368 e. The summed E-state index contributed by atoms with van der Waals surface area (Å²) in [6.07, 6.45) is 5.75. The van der Waals surface area contributed by atoms with Gasteiger partial charge in [0.1, 0.15) is 17.7 Å². The van der Waals surface area contributed by atoms with Gasteiger partial charge in [0.15, 0.2) is 0 Å². The van der Waals surface area contributed by atoms with Gasteiger partial charge in [0.05, 0.1) is 6.04 Å². The highest BCUT2D eigenvalue weighted by Crippen LogP contribution is 2.27. The highest BCUT2D eigenvalue weighted by molar-refractivity contribution is 5.88. The number of hydrogen-bond donors (Lipinski definition) is 2. The first kappa shape index (κ1) is 13.6. The molecule has 2 aromatic rings. The Hall–Kier alpha value is -2.41. The summed E-state index contributed by atoms with van der Waals surface area (Å²) < 4.78 is 7.60. The molecule has 2 atom stereocenters. The smallest absolute Gasteiger partial charge is 0.320 e. The zero-order valence-corrected chi connectivity index (χ0v) is 11.7. The highest BCUT2D eigenvalue weighted by atomic mass is 16.5. The second kappa shape index (κ2) is 5.92. The summed E-state index contributed by atoms with van der Waals surface area (Å²) in [5, 5.41) is 5.63. The fourth-order valence-electron chi connectivity index (χ4n) is 2.40. The fraction of sp³-hybridized carbons (Fsp3) is 0.357. The second-order valence-corrected chi connectivity index (χ2v) is 4.90. The van der Waals surface area contributed by atoms with Gasteiger partial charge < -0.3 is 14.6 Å². The van der Waals surface area contributed by atoms with E-state index in [0.717, 1.165) is 12.2 Å². The number of imidazole rings is 1. The van der Waals surface area contributed by atoms with Crippen molar-refractivity contribution in [2.45, 2.75) is 18.6 Å². The minimum atomic E-state index is -0.289. The first-order chi connectivity index (χ1) is 10.2. The van der Waals surface area contributed by atoms with E-state index in [-0.39, 0.29) is 18.2 Å². The molecule has 0 bridgehead atoms. The third-order valence-corrected chi connectivity index (χ3v) is 3.43. The Morgan fingerprint density at radius 2 is 2.29 bits per heavy atom. The monoisotopic (exact) mass is 287 g/mol. The van der Waals surface area contributed by atoms with Crippen molar-refractivity contribution in [1.29, 1.82) is 0 Å². The molecule has 3 heterocycles. The number of pyridine rings is 1. The van der Waals surface area contributed by atoms with E-state index >= 15 is 0 Å². The Kier molecular flexibility index (Phi) is 3.83. The number of amides is 2. The maximum atomic E-state index is 12.0. The number of nitrogens with zero attached hydrogens (tertiary/aromatic N) is 3. The summed E-state index contributed by atoms with van der Waals surface area (Å²) in [6.45, 7) is 0.603. The molecule has 0 saturated carbocycles. The molecular weight excluding hydrogens is 270 g/mol. The van der Waals surface area contributed by atoms with Crippen LogP contribution in [0.5, 0.6) is 0 Å². The number of carbonyl (C=O) groups is 1. The number of aromatic nitrogens is 3. The lowest BCUT2D eigenvalue weighted by Gasteiger charge is -2.19. The molecule has 2 N–H and O–H groups in total. The molecule has 0 spiro atoms. The topological polar surface area (TPSA) is 81.1 Å². The Bertz CT molecular complexity index is 613. The molecule has 7 nitrogen and oxygen atoms in total. The third-order valence-electron chi connectivity index (χ3n) is 3.43. The quantitative estimate of drug-likeness (QED) is 0.895. The number of anilines is 1. The predicted octanol–water partition coefficient (Wildman–Crippen LogP) is 1.47. The van der Waals surface area contributed by atoms with Crippen LogP contribution in [0, 0.1) is 0 Å². The summed E-state index contributed by atoms with van der Waals surface area (Å²) >= 11 is 0. The summed E-state index contributed by atoms with van der Waals surface area (Å²) in [5.41, 5.74) is 0. The van der Waals surface area contributed by atoms with Crippen LogP contribution in [0.25, 0.3) is 0 Å². The number of carbonyl (C=O) groups excluding carboxylic acids is 1. The van der Waals surface area contributed by atoms with Crippen molar-refractivity contribution in [1.82, 2.24) is 19.9 Å². The van der Waals surface area contributed by atoms with E-state index in [4.69, 9.17) is 4.74 Å². The second-order valence-electron chi connectivity index (χ2n) is 4.90. The summed E-state index contributed by atoms with van der Waals surface area (Å²) in [4.78, 5) is 20.4. The first-order valence-corrected chi connectivity index (χ1v) is 6.81. The van der Waals surface area contributed by atoms with Crippen molar-refractivity contribution >= 4 is 11.8 Å². The Labute approximate surface area is 122 Å². The van der Waals surface area contributed by atoms with Crippen molar-refractivity contribution in [2.75, 3.05) is 11.9 Å². The number of ether oxygens (including phenoxy) is 1. The van der Waals surface area contributed by atoms with Crippen molar-refractivity contribution in [2.24, 2.45) is 7.05 Å². The maximum absolute atomic E-state index is 12.0. The summed E-state index contributed by atoms with van der Waals surface area (Å²) in [6, 6.07) is 4.96. The van der Waals surface area contributed by atoms with E-state index in [9.17, 15) is 4.79 Å². The first-order valence-electron chi connectivity index (χ1n) is 6.81. The van der Waals surface area contributed by atoms with Crippen molar-refractivity contribution < 1.29 is 9.53 Å². The zero-order chi connectivity index (χ0) is 14.7. The van der Waals surface area contributed by atoms with Gasteiger partial charge in [-0.05, 0) is 18.6 Å². The van der Waals surface area contributed by atoms with Crippen LogP contribution in [0.2, 0.25) is 0 Å². The Balaban J connectivity index is 1.64. The van der Waals surface area contributed by atoms with Gasteiger partial charge in [0, 0.05) is 32.2 Å². The zero-order valence-electron chi connectivity index (χ0n) is 11.7. The molecule has 21 heavy (non-hydrogen) atoms. The molecule has 1 aliphatic rings.